The van der Waals surface area contributed by atoms with Gasteiger partial charge in [0.1, 0.15) is 5.82 Å². The lowest BCUT2D eigenvalue weighted by Crippen LogP contribution is -2.38. The Kier molecular flexibility index (Phi) is 4.28. The van der Waals surface area contributed by atoms with Crippen molar-refractivity contribution in [3.8, 4) is 0 Å². The zero-order valence-electron chi connectivity index (χ0n) is 10.2. The SMILES string of the molecule is CN(C)CC1CCCN1c1ncc(Br)cc1Cl. The number of nitrogens with zero attached hydrogens (tertiary/aromatic N) is 3. The molecule has 0 aliphatic carbocycles. The van der Waals surface area contributed by atoms with Gasteiger partial charge in [-0.25, -0.2) is 4.98 Å². The van der Waals surface area contributed by atoms with E-state index >= 15 is 0 Å². The number of pyridine rings is 1. The molecule has 0 N–H and O–H groups in total. The Morgan fingerprint density at radius 3 is 3.00 bits per heavy atom. The van der Waals surface area contributed by atoms with Crippen LogP contribution >= 0.6 is 27.5 Å². The van der Waals surface area contributed by atoms with Gasteiger partial charge in [-0.1, -0.05) is 11.6 Å². The molecule has 5 heteroatoms. The van der Waals surface area contributed by atoms with Crippen molar-refractivity contribution in [3.05, 3.63) is 21.8 Å². The van der Waals surface area contributed by atoms with Gasteiger partial charge in [0, 0.05) is 29.8 Å². The molecule has 1 aromatic heterocycles. The minimum atomic E-state index is 0.524. The predicted molar refractivity (Wildman–Crippen MR) is 75.9 cm³/mol. The molecule has 1 saturated heterocycles. The zero-order valence-corrected chi connectivity index (χ0v) is 12.5. The van der Waals surface area contributed by atoms with Crippen molar-refractivity contribution in [3.63, 3.8) is 0 Å². The topological polar surface area (TPSA) is 19.4 Å². The van der Waals surface area contributed by atoms with Crippen molar-refractivity contribution < 1.29 is 0 Å². The molecular formula is C12H17BrClN3. The number of anilines is 1. The highest BCUT2D eigenvalue weighted by molar-refractivity contribution is 9.10. The molecule has 0 saturated carbocycles. The highest BCUT2D eigenvalue weighted by Gasteiger charge is 2.27. The summed E-state index contributed by atoms with van der Waals surface area (Å²) >= 11 is 9.65. The van der Waals surface area contributed by atoms with Crippen LogP contribution in [-0.2, 0) is 0 Å². The fourth-order valence-corrected chi connectivity index (χ4v) is 3.08. The third-order valence-electron chi connectivity index (χ3n) is 3.01. The van der Waals surface area contributed by atoms with Crippen LogP contribution in [0.3, 0.4) is 0 Å². The third kappa shape index (κ3) is 3.12. The van der Waals surface area contributed by atoms with Crippen molar-refractivity contribution >= 4 is 33.3 Å². The number of hydrogen-bond donors (Lipinski definition) is 0. The predicted octanol–water partition coefficient (Wildman–Crippen LogP) is 3.03. The number of aromatic nitrogens is 1. The molecule has 94 valence electrons. The summed E-state index contributed by atoms with van der Waals surface area (Å²) in [5, 5.41) is 0.727. The van der Waals surface area contributed by atoms with Gasteiger partial charge in [0.15, 0.2) is 0 Å². The summed E-state index contributed by atoms with van der Waals surface area (Å²) in [7, 11) is 4.21. The third-order valence-corrected chi connectivity index (χ3v) is 3.73. The number of likely N-dealkylation sites (N-methyl/N-ethyl adjacent to an activating group) is 1. The van der Waals surface area contributed by atoms with E-state index in [-0.39, 0.29) is 0 Å². The Balaban J connectivity index is 2.20. The summed E-state index contributed by atoms with van der Waals surface area (Å²) in [5.41, 5.74) is 0. The van der Waals surface area contributed by atoms with E-state index in [0.717, 1.165) is 28.4 Å². The standard InChI is InChI=1S/C12H17BrClN3/c1-16(2)8-10-4-3-5-17(10)12-11(14)6-9(13)7-15-12/h6-7,10H,3-5,8H2,1-2H3. The fourth-order valence-electron chi connectivity index (χ4n) is 2.34. The lowest BCUT2D eigenvalue weighted by atomic mass is 10.2. The summed E-state index contributed by atoms with van der Waals surface area (Å²) in [4.78, 5) is 8.99. The van der Waals surface area contributed by atoms with Gasteiger partial charge in [-0.05, 0) is 48.9 Å². The van der Waals surface area contributed by atoms with Gasteiger partial charge in [-0.2, -0.15) is 0 Å². The quantitative estimate of drug-likeness (QED) is 0.854. The molecule has 0 amide bonds. The molecule has 3 nitrogen and oxygen atoms in total. The smallest absolute Gasteiger partial charge is 0.147 e. The fraction of sp³-hybridized carbons (Fsp3) is 0.583. The highest BCUT2D eigenvalue weighted by Crippen LogP contribution is 2.31. The molecule has 1 aromatic rings. The lowest BCUT2D eigenvalue weighted by molar-refractivity contribution is 0.371. The first-order valence-corrected chi connectivity index (χ1v) is 6.97. The highest BCUT2D eigenvalue weighted by atomic mass is 79.9. The van der Waals surface area contributed by atoms with Crippen LogP contribution in [0.4, 0.5) is 5.82 Å². The van der Waals surface area contributed by atoms with Crippen molar-refractivity contribution in [2.75, 3.05) is 32.1 Å². The van der Waals surface area contributed by atoms with E-state index in [9.17, 15) is 0 Å². The minimum absolute atomic E-state index is 0.524. The molecule has 2 heterocycles. The Labute approximate surface area is 116 Å². The van der Waals surface area contributed by atoms with Crippen LogP contribution in [0.25, 0.3) is 0 Å². The Hall–Kier alpha value is -0.320. The molecule has 0 aromatic carbocycles. The molecule has 1 atom stereocenters. The van der Waals surface area contributed by atoms with E-state index < -0.39 is 0 Å². The van der Waals surface area contributed by atoms with Gasteiger partial charge in [0.25, 0.3) is 0 Å². The Morgan fingerprint density at radius 2 is 2.35 bits per heavy atom. The Bertz CT molecular complexity index is 397. The molecule has 0 spiro atoms. The first-order chi connectivity index (χ1) is 8.08. The van der Waals surface area contributed by atoms with Gasteiger partial charge in [-0.15, -0.1) is 0 Å². The zero-order chi connectivity index (χ0) is 12.4. The second-order valence-electron chi connectivity index (χ2n) is 4.71. The molecule has 17 heavy (non-hydrogen) atoms. The largest absolute Gasteiger partial charge is 0.351 e. The second-order valence-corrected chi connectivity index (χ2v) is 6.03. The maximum absolute atomic E-state index is 6.26. The minimum Gasteiger partial charge on any atom is -0.351 e. The van der Waals surface area contributed by atoms with Crippen molar-refractivity contribution in [2.24, 2.45) is 0 Å². The molecule has 2 rings (SSSR count). The number of halogens is 2. The first kappa shape index (κ1) is 13.1. The molecule has 0 radical (unpaired) electrons. The van der Waals surface area contributed by atoms with Gasteiger partial charge in [-0.3, -0.25) is 0 Å². The van der Waals surface area contributed by atoms with Crippen molar-refractivity contribution in [1.29, 1.82) is 0 Å². The summed E-state index contributed by atoms with van der Waals surface area (Å²) in [5.74, 6) is 0.916. The van der Waals surface area contributed by atoms with Crippen molar-refractivity contribution in [2.45, 2.75) is 18.9 Å². The number of hydrogen-bond acceptors (Lipinski definition) is 3. The van der Waals surface area contributed by atoms with Crippen LogP contribution in [0.2, 0.25) is 5.02 Å². The van der Waals surface area contributed by atoms with Crippen LogP contribution in [-0.4, -0.2) is 43.1 Å². The van der Waals surface area contributed by atoms with E-state index in [0.29, 0.717) is 6.04 Å². The van der Waals surface area contributed by atoms with Crippen molar-refractivity contribution in [1.82, 2.24) is 9.88 Å². The molecule has 0 bridgehead atoms. The van der Waals surface area contributed by atoms with Crippen LogP contribution in [0.15, 0.2) is 16.7 Å². The van der Waals surface area contributed by atoms with E-state index in [1.165, 1.54) is 12.8 Å². The van der Waals surface area contributed by atoms with Gasteiger partial charge < -0.3 is 9.80 Å². The summed E-state index contributed by atoms with van der Waals surface area (Å²) in [6.07, 6.45) is 4.24. The Morgan fingerprint density at radius 1 is 1.59 bits per heavy atom. The van der Waals surface area contributed by atoms with Crippen LogP contribution in [0.5, 0.6) is 0 Å². The average molecular weight is 319 g/mol. The van der Waals surface area contributed by atoms with E-state index in [4.69, 9.17) is 11.6 Å². The maximum atomic E-state index is 6.26. The summed E-state index contributed by atoms with van der Waals surface area (Å²) < 4.78 is 0.926. The molecule has 1 aliphatic rings. The summed E-state index contributed by atoms with van der Waals surface area (Å²) in [6, 6.07) is 2.44. The average Bonchev–Trinajstić information content (AvgIpc) is 2.65. The first-order valence-electron chi connectivity index (χ1n) is 5.80. The van der Waals surface area contributed by atoms with Gasteiger partial charge >= 0.3 is 0 Å². The van der Waals surface area contributed by atoms with E-state index in [1.807, 2.05) is 12.3 Å². The van der Waals surface area contributed by atoms with Crippen LogP contribution in [0.1, 0.15) is 12.8 Å². The molecule has 1 aliphatic heterocycles. The molecular weight excluding hydrogens is 302 g/mol. The maximum Gasteiger partial charge on any atom is 0.147 e. The second kappa shape index (κ2) is 5.55. The number of rotatable bonds is 3. The van der Waals surface area contributed by atoms with Gasteiger partial charge in [0.05, 0.1) is 5.02 Å². The summed E-state index contributed by atoms with van der Waals surface area (Å²) in [6.45, 7) is 2.10. The lowest BCUT2D eigenvalue weighted by Gasteiger charge is -2.28. The van der Waals surface area contributed by atoms with E-state index in [2.05, 4.69) is 44.8 Å². The van der Waals surface area contributed by atoms with Crippen LogP contribution < -0.4 is 4.90 Å². The molecule has 1 fully saturated rings. The van der Waals surface area contributed by atoms with Crippen LogP contribution in [0, 0.1) is 0 Å². The van der Waals surface area contributed by atoms with E-state index in [1.54, 1.807) is 0 Å². The van der Waals surface area contributed by atoms with Gasteiger partial charge in [0.2, 0.25) is 0 Å². The monoisotopic (exact) mass is 317 g/mol. The molecule has 1 unspecified atom stereocenters. The normalized spacial score (nSPS) is 20.3.